The average Bonchev–Trinajstić information content (AvgIpc) is 2.60. The van der Waals surface area contributed by atoms with Gasteiger partial charge < -0.3 is 4.74 Å². The number of ketones is 3. The van der Waals surface area contributed by atoms with E-state index in [1.165, 1.54) is 7.11 Å². The number of hydrogen-bond donors (Lipinski definition) is 0. The van der Waals surface area contributed by atoms with Crippen molar-refractivity contribution in [2.45, 2.75) is 6.92 Å². The molecule has 2 atom stereocenters. The number of Topliss-reactive ketones (excluding diaryl/α,β-unsaturated/α-hetero) is 3. The molecule has 0 radical (unpaired) electrons. The van der Waals surface area contributed by atoms with Crippen molar-refractivity contribution in [1.82, 2.24) is 0 Å². The van der Waals surface area contributed by atoms with Gasteiger partial charge in [0, 0.05) is 11.1 Å². The van der Waals surface area contributed by atoms with E-state index < -0.39 is 17.6 Å². The number of hydrogen-bond acceptors (Lipinski definition) is 4. The number of carbonyl (C=O) groups is 3. The van der Waals surface area contributed by atoms with Crippen molar-refractivity contribution in [2.75, 3.05) is 7.11 Å². The molecule has 2 unspecified atom stereocenters. The van der Waals surface area contributed by atoms with Gasteiger partial charge in [-0.05, 0) is 31.2 Å². The predicted octanol–water partition coefficient (Wildman–Crippen LogP) is 2.70. The van der Waals surface area contributed by atoms with Gasteiger partial charge in [0.15, 0.2) is 17.3 Å². The maximum atomic E-state index is 12.7. The zero-order chi connectivity index (χ0) is 16.6. The van der Waals surface area contributed by atoms with Crippen LogP contribution in [0.3, 0.4) is 0 Å². The lowest BCUT2D eigenvalue weighted by atomic mass is 9.71. The van der Waals surface area contributed by atoms with Crippen molar-refractivity contribution >= 4 is 17.3 Å². The summed E-state index contributed by atoms with van der Waals surface area (Å²) in [6, 6.07) is 6.51. The normalized spacial score (nSPS) is 23.0. The molecule has 0 N–H and O–H groups in total. The van der Waals surface area contributed by atoms with Crippen molar-refractivity contribution < 1.29 is 19.1 Å². The lowest BCUT2D eigenvalue weighted by Crippen LogP contribution is -2.38. The van der Waals surface area contributed by atoms with Gasteiger partial charge in [-0.3, -0.25) is 14.4 Å². The molecule has 0 aliphatic heterocycles. The first-order chi connectivity index (χ1) is 11.0. The largest absolute Gasteiger partial charge is 0.497 e. The standard InChI is InChI=1S/C19H16O4/c1-11-16(18(21)12-7-9-13(23-2)10-8-12)19(22)15-6-4-3-5-14(15)17(11)20/h3-10,14-15H,1-2H3. The number of ether oxygens (including phenoxy) is 1. The Bertz CT molecular complexity index is 778. The number of benzene rings is 1. The maximum Gasteiger partial charge on any atom is 0.197 e. The second-order valence-corrected chi connectivity index (χ2v) is 5.61. The van der Waals surface area contributed by atoms with Crippen molar-refractivity contribution in [3.63, 3.8) is 0 Å². The fourth-order valence-electron chi connectivity index (χ4n) is 3.00. The third-order valence-corrected chi connectivity index (χ3v) is 4.31. The van der Waals surface area contributed by atoms with E-state index >= 15 is 0 Å². The summed E-state index contributed by atoms with van der Waals surface area (Å²) in [5.41, 5.74) is 0.619. The molecule has 116 valence electrons. The average molecular weight is 308 g/mol. The quantitative estimate of drug-likeness (QED) is 0.636. The molecule has 4 nitrogen and oxygen atoms in total. The van der Waals surface area contributed by atoms with Crippen LogP contribution >= 0.6 is 0 Å². The van der Waals surface area contributed by atoms with Crippen molar-refractivity contribution in [3.05, 3.63) is 65.3 Å². The number of rotatable bonds is 3. The molecule has 2 aliphatic rings. The SMILES string of the molecule is COc1ccc(C(=O)C2=C(C)C(=O)C3C=CC=CC3C2=O)cc1. The van der Waals surface area contributed by atoms with Crippen molar-refractivity contribution in [2.24, 2.45) is 11.8 Å². The molecule has 0 amide bonds. The molecule has 23 heavy (non-hydrogen) atoms. The molecule has 0 fully saturated rings. The third-order valence-electron chi connectivity index (χ3n) is 4.31. The molecule has 0 heterocycles. The second-order valence-electron chi connectivity index (χ2n) is 5.61. The van der Waals surface area contributed by atoms with Crippen LogP contribution < -0.4 is 4.74 Å². The summed E-state index contributed by atoms with van der Waals surface area (Å²) >= 11 is 0. The van der Waals surface area contributed by atoms with Gasteiger partial charge in [-0.15, -0.1) is 0 Å². The monoisotopic (exact) mass is 308 g/mol. The summed E-state index contributed by atoms with van der Waals surface area (Å²) in [7, 11) is 1.54. The highest BCUT2D eigenvalue weighted by Gasteiger charge is 2.42. The van der Waals surface area contributed by atoms with E-state index in [1.807, 2.05) is 0 Å². The summed E-state index contributed by atoms with van der Waals surface area (Å²) in [5.74, 6) is -1.29. The molecule has 2 aliphatic carbocycles. The minimum Gasteiger partial charge on any atom is -0.497 e. The van der Waals surface area contributed by atoms with Gasteiger partial charge in [-0.2, -0.15) is 0 Å². The molecular weight excluding hydrogens is 292 g/mol. The number of fused-ring (bicyclic) bond motifs is 1. The van der Waals surface area contributed by atoms with Crippen LogP contribution in [0, 0.1) is 11.8 Å². The molecule has 1 aromatic rings. The second kappa shape index (κ2) is 5.80. The van der Waals surface area contributed by atoms with Crippen LogP contribution in [-0.4, -0.2) is 24.5 Å². The minimum absolute atomic E-state index is 0.00127. The van der Waals surface area contributed by atoms with Gasteiger partial charge in [0.2, 0.25) is 0 Å². The van der Waals surface area contributed by atoms with Crippen LogP contribution in [0.5, 0.6) is 5.75 Å². The zero-order valence-electron chi connectivity index (χ0n) is 12.9. The molecule has 4 heteroatoms. The van der Waals surface area contributed by atoms with Crippen molar-refractivity contribution in [1.29, 1.82) is 0 Å². The Labute approximate surface area is 134 Å². The Balaban J connectivity index is 2.02. The highest BCUT2D eigenvalue weighted by Crippen LogP contribution is 2.34. The molecule has 1 aromatic carbocycles. The molecule has 3 rings (SSSR count). The number of carbonyl (C=O) groups excluding carboxylic acids is 3. The van der Waals surface area contributed by atoms with E-state index in [2.05, 4.69) is 0 Å². The fraction of sp³-hybridized carbons (Fsp3) is 0.211. The summed E-state index contributed by atoms with van der Waals surface area (Å²) in [6.07, 6.45) is 6.92. The highest BCUT2D eigenvalue weighted by molar-refractivity contribution is 6.33. The van der Waals surface area contributed by atoms with Crippen LogP contribution in [0.25, 0.3) is 0 Å². The van der Waals surface area contributed by atoms with Crippen LogP contribution in [0.1, 0.15) is 17.3 Å². The van der Waals surface area contributed by atoms with E-state index in [9.17, 15) is 14.4 Å². The lowest BCUT2D eigenvalue weighted by Gasteiger charge is -2.28. The predicted molar refractivity (Wildman–Crippen MR) is 85.3 cm³/mol. The van der Waals surface area contributed by atoms with E-state index in [-0.39, 0.29) is 22.7 Å². The van der Waals surface area contributed by atoms with Gasteiger partial charge >= 0.3 is 0 Å². The Hall–Kier alpha value is -2.75. The number of allylic oxidation sites excluding steroid dienone is 6. The minimum atomic E-state index is -0.576. The van der Waals surface area contributed by atoms with E-state index in [1.54, 1.807) is 55.5 Å². The maximum absolute atomic E-state index is 12.7. The lowest BCUT2D eigenvalue weighted by molar-refractivity contribution is -0.127. The Kier molecular flexibility index (Phi) is 3.82. The van der Waals surface area contributed by atoms with E-state index in [4.69, 9.17) is 4.74 Å². The van der Waals surface area contributed by atoms with Crippen molar-refractivity contribution in [3.8, 4) is 5.75 Å². The van der Waals surface area contributed by atoms with Crippen LogP contribution in [0.4, 0.5) is 0 Å². The molecule has 0 aromatic heterocycles. The first kappa shape index (κ1) is 15.2. The Morgan fingerprint density at radius 2 is 1.52 bits per heavy atom. The molecule has 0 spiro atoms. The summed E-state index contributed by atoms with van der Waals surface area (Å²) in [5, 5.41) is 0. The summed E-state index contributed by atoms with van der Waals surface area (Å²) in [6.45, 7) is 1.55. The first-order valence-corrected chi connectivity index (χ1v) is 7.37. The van der Waals surface area contributed by atoms with E-state index in [0.29, 0.717) is 11.3 Å². The molecule has 0 bridgehead atoms. The van der Waals surface area contributed by atoms with Crippen LogP contribution in [0.2, 0.25) is 0 Å². The first-order valence-electron chi connectivity index (χ1n) is 7.37. The summed E-state index contributed by atoms with van der Waals surface area (Å²) in [4.78, 5) is 37.9. The summed E-state index contributed by atoms with van der Waals surface area (Å²) < 4.78 is 5.06. The molecule has 0 saturated carbocycles. The van der Waals surface area contributed by atoms with Gasteiger partial charge in [0.1, 0.15) is 5.75 Å². The van der Waals surface area contributed by atoms with E-state index in [0.717, 1.165) is 0 Å². The van der Waals surface area contributed by atoms with Crippen LogP contribution in [-0.2, 0) is 9.59 Å². The smallest absolute Gasteiger partial charge is 0.197 e. The third kappa shape index (κ3) is 2.46. The Morgan fingerprint density at radius 3 is 2.09 bits per heavy atom. The zero-order valence-corrected chi connectivity index (χ0v) is 12.9. The Morgan fingerprint density at radius 1 is 0.957 bits per heavy atom. The van der Waals surface area contributed by atoms with Gasteiger partial charge in [0.05, 0.1) is 24.5 Å². The fourth-order valence-corrected chi connectivity index (χ4v) is 3.00. The van der Waals surface area contributed by atoms with Gasteiger partial charge in [-0.25, -0.2) is 0 Å². The molecular formula is C19H16O4. The topological polar surface area (TPSA) is 60.4 Å². The van der Waals surface area contributed by atoms with Gasteiger partial charge in [-0.1, -0.05) is 24.3 Å². The molecule has 0 saturated heterocycles. The van der Waals surface area contributed by atoms with Gasteiger partial charge in [0.25, 0.3) is 0 Å². The number of methoxy groups -OCH3 is 1. The van der Waals surface area contributed by atoms with Crippen LogP contribution in [0.15, 0.2) is 59.7 Å². The highest BCUT2D eigenvalue weighted by atomic mass is 16.5.